The number of hydrogen-bond acceptors (Lipinski definition) is 7. The predicted molar refractivity (Wildman–Crippen MR) is 111 cm³/mol. The number of furan rings is 1. The molecule has 2 aliphatic heterocycles. The Labute approximate surface area is 178 Å². The number of nitrogens with zero attached hydrogens (tertiary/aromatic N) is 4. The van der Waals surface area contributed by atoms with E-state index in [-0.39, 0.29) is 11.9 Å². The number of aromatic nitrogens is 3. The fourth-order valence-corrected chi connectivity index (χ4v) is 4.75. The van der Waals surface area contributed by atoms with Gasteiger partial charge in [0, 0.05) is 13.6 Å². The second-order valence-electron chi connectivity index (χ2n) is 7.28. The van der Waals surface area contributed by atoms with Gasteiger partial charge < -0.3 is 23.4 Å². The summed E-state index contributed by atoms with van der Waals surface area (Å²) < 4.78 is 18.6. The largest absolute Gasteiger partial charge is 0.486 e. The first-order valence-corrected chi connectivity index (χ1v) is 10.9. The first-order valence-electron chi connectivity index (χ1n) is 9.96. The van der Waals surface area contributed by atoms with Gasteiger partial charge in [-0.1, -0.05) is 17.8 Å². The molecule has 0 N–H and O–H groups in total. The third-order valence-electron chi connectivity index (χ3n) is 5.43. The zero-order valence-electron chi connectivity index (χ0n) is 16.6. The van der Waals surface area contributed by atoms with Gasteiger partial charge in [-0.3, -0.25) is 4.79 Å². The monoisotopic (exact) mass is 426 g/mol. The van der Waals surface area contributed by atoms with E-state index in [1.807, 2.05) is 46.8 Å². The third kappa shape index (κ3) is 3.54. The Morgan fingerprint density at radius 3 is 2.90 bits per heavy atom. The summed E-state index contributed by atoms with van der Waals surface area (Å²) in [6.45, 7) is 1.88. The van der Waals surface area contributed by atoms with Crippen LogP contribution in [0.5, 0.6) is 11.5 Å². The summed E-state index contributed by atoms with van der Waals surface area (Å²) in [5.41, 5.74) is 1.09. The van der Waals surface area contributed by atoms with Gasteiger partial charge in [-0.25, -0.2) is 0 Å². The smallest absolute Gasteiger partial charge is 0.233 e. The van der Waals surface area contributed by atoms with Crippen molar-refractivity contribution in [2.24, 2.45) is 7.05 Å². The van der Waals surface area contributed by atoms with Crippen LogP contribution in [0.2, 0.25) is 0 Å². The van der Waals surface area contributed by atoms with Crippen LogP contribution < -0.4 is 9.47 Å². The van der Waals surface area contributed by atoms with E-state index < -0.39 is 0 Å². The number of carbonyl (C=O) groups excluding carboxylic acids is 1. The van der Waals surface area contributed by atoms with Crippen molar-refractivity contribution >= 4 is 17.7 Å². The quantitative estimate of drug-likeness (QED) is 0.579. The second-order valence-corrected chi connectivity index (χ2v) is 8.22. The molecule has 4 heterocycles. The zero-order valence-corrected chi connectivity index (χ0v) is 17.4. The standard InChI is InChI=1S/C21H22N4O4S/c1-24-20(17-5-3-9-27-17)22-23-21(24)30-13-19(26)25-8-2-4-15(25)14-6-7-16-18(12-14)29-11-10-28-16/h3,5-7,9,12,15H,2,4,8,10-11,13H2,1H3. The van der Waals surface area contributed by atoms with E-state index in [9.17, 15) is 4.79 Å². The number of likely N-dealkylation sites (tertiary alicyclic amines) is 1. The van der Waals surface area contributed by atoms with E-state index in [2.05, 4.69) is 10.2 Å². The highest BCUT2D eigenvalue weighted by molar-refractivity contribution is 7.99. The van der Waals surface area contributed by atoms with E-state index in [0.29, 0.717) is 35.7 Å². The van der Waals surface area contributed by atoms with Gasteiger partial charge in [0.15, 0.2) is 28.2 Å². The van der Waals surface area contributed by atoms with Gasteiger partial charge in [-0.2, -0.15) is 0 Å². The Morgan fingerprint density at radius 1 is 1.20 bits per heavy atom. The lowest BCUT2D eigenvalue weighted by molar-refractivity contribution is -0.129. The summed E-state index contributed by atoms with van der Waals surface area (Å²) in [5.74, 6) is 3.24. The lowest BCUT2D eigenvalue weighted by atomic mass is 10.0. The maximum absolute atomic E-state index is 13.0. The SMILES string of the molecule is Cn1c(SCC(=O)N2CCCC2c2ccc3c(c2)OCCO3)nnc1-c1ccco1. The van der Waals surface area contributed by atoms with E-state index in [0.717, 1.165) is 36.4 Å². The molecule has 1 atom stereocenters. The molecule has 1 aromatic carbocycles. The maximum Gasteiger partial charge on any atom is 0.233 e. The van der Waals surface area contributed by atoms with E-state index in [1.54, 1.807) is 6.26 Å². The molecular weight excluding hydrogens is 404 g/mol. The van der Waals surface area contributed by atoms with Crippen molar-refractivity contribution in [2.75, 3.05) is 25.5 Å². The van der Waals surface area contributed by atoms with Crippen LogP contribution in [-0.2, 0) is 11.8 Å². The molecule has 1 unspecified atom stereocenters. The van der Waals surface area contributed by atoms with Crippen LogP contribution in [-0.4, -0.2) is 51.1 Å². The van der Waals surface area contributed by atoms with Crippen LogP contribution in [0, 0.1) is 0 Å². The van der Waals surface area contributed by atoms with Crippen LogP contribution in [0.4, 0.5) is 0 Å². The highest BCUT2D eigenvalue weighted by Crippen LogP contribution is 2.38. The number of ether oxygens (including phenoxy) is 2. The van der Waals surface area contributed by atoms with Gasteiger partial charge in [0.05, 0.1) is 18.1 Å². The Kier molecular flexibility index (Phi) is 5.12. The average Bonchev–Trinajstić information content (AvgIpc) is 3.53. The number of benzene rings is 1. The zero-order chi connectivity index (χ0) is 20.5. The molecule has 3 aromatic rings. The van der Waals surface area contributed by atoms with Gasteiger partial charge in [0.2, 0.25) is 5.91 Å². The summed E-state index contributed by atoms with van der Waals surface area (Å²) in [6.07, 6.45) is 3.54. The molecule has 9 heteroatoms. The molecule has 1 saturated heterocycles. The summed E-state index contributed by atoms with van der Waals surface area (Å²) in [6, 6.07) is 9.70. The van der Waals surface area contributed by atoms with Crippen molar-refractivity contribution in [3.05, 3.63) is 42.2 Å². The summed E-state index contributed by atoms with van der Waals surface area (Å²) in [7, 11) is 1.87. The molecule has 1 amide bonds. The van der Waals surface area contributed by atoms with Gasteiger partial charge in [-0.05, 0) is 42.7 Å². The molecule has 8 nitrogen and oxygen atoms in total. The molecule has 2 aliphatic rings. The number of rotatable bonds is 5. The minimum Gasteiger partial charge on any atom is -0.486 e. The van der Waals surface area contributed by atoms with E-state index in [1.165, 1.54) is 11.8 Å². The van der Waals surface area contributed by atoms with Crippen molar-refractivity contribution in [2.45, 2.75) is 24.0 Å². The summed E-state index contributed by atoms with van der Waals surface area (Å²) in [4.78, 5) is 15.0. The number of thioether (sulfide) groups is 1. The molecule has 1 fully saturated rings. The second kappa shape index (κ2) is 8.06. The third-order valence-corrected chi connectivity index (χ3v) is 6.43. The van der Waals surface area contributed by atoms with Crippen molar-refractivity contribution < 1.29 is 18.7 Å². The molecule has 30 heavy (non-hydrogen) atoms. The number of amides is 1. The molecule has 0 radical (unpaired) electrons. The van der Waals surface area contributed by atoms with Crippen LogP contribution in [0.15, 0.2) is 46.2 Å². The van der Waals surface area contributed by atoms with Crippen LogP contribution in [0.25, 0.3) is 11.6 Å². The first-order chi connectivity index (χ1) is 14.7. The lowest BCUT2D eigenvalue weighted by Gasteiger charge is -2.26. The van der Waals surface area contributed by atoms with Gasteiger partial charge in [0.1, 0.15) is 13.2 Å². The van der Waals surface area contributed by atoms with Crippen LogP contribution in [0.3, 0.4) is 0 Å². The topological polar surface area (TPSA) is 82.6 Å². The Hall–Kier alpha value is -2.94. The minimum absolute atomic E-state index is 0.0621. The van der Waals surface area contributed by atoms with Crippen molar-refractivity contribution in [1.29, 1.82) is 0 Å². The normalized spacial score (nSPS) is 18.0. The highest BCUT2D eigenvalue weighted by atomic mass is 32.2. The Morgan fingerprint density at radius 2 is 2.07 bits per heavy atom. The fraction of sp³-hybridized carbons (Fsp3) is 0.381. The molecule has 0 bridgehead atoms. The van der Waals surface area contributed by atoms with Gasteiger partial charge in [-0.15, -0.1) is 10.2 Å². The lowest BCUT2D eigenvalue weighted by Crippen LogP contribution is -2.32. The van der Waals surface area contributed by atoms with Crippen LogP contribution in [0.1, 0.15) is 24.4 Å². The minimum atomic E-state index is 0.0621. The molecule has 0 aliphatic carbocycles. The molecule has 0 spiro atoms. The fourth-order valence-electron chi connectivity index (χ4n) is 3.95. The Bertz CT molecular complexity index is 1050. The summed E-state index contributed by atoms with van der Waals surface area (Å²) in [5, 5.41) is 9.08. The van der Waals surface area contributed by atoms with Gasteiger partial charge >= 0.3 is 0 Å². The predicted octanol–water partition coefficient (Wildman–Crippen LogP) is 3.30. The maximum atomic E-state index is 13.0. The number of carbonyl (C=O) groups is 1. The van der Waals surface area contributed by atoms with E-state index in [4.69, 9.17) is 13.9 Å². The Balaban J connectivity index is 1.27. The average molecular weight is 426 g/mol. The van der Waals surface area contributed by atoms with Crippen molar-refractivity contribution in [3.8, 4) is 23.1 Å². The first kappa shape index (κ1) is 19.0. The summed E-state index contributed by atoms with van der Waals surface area (Å²) >= 11 is 1.39. The van der Waals surface area contributed by atoms with Crippen molar-refractivity contribution in [3.63, 3.8) is 0 Å². The van der Waals surface area contributed by atoms with Crippen molar-refractivity contribution in [1.82, 2.24) is 19.7 Å². The van der Waals surface area contributed by atoms with E-state index >= 15 is 0 Å². The molecule has 0 saturated carbocycles. The molecule has 2 aromatic heterocycles. The molecule has 5 rings (SSSR count). The molecular formula is C21H22N4O4S. The van der Waals surface area contributed by atoms with Gasteiger partial charge in [0.25, 0.3) is 0 Å². The van der Waals surface area contributed by atoms with Crippen LogP contribution >= 0.6 is 11.8 Å². The number of fused-ring (bicyclic) bond motifs is 1. The number of hydrogen-bond donors (Lipinski definition) is 0. The molecule has 156 valence electrons. The highest BCUT2D eigenvalue weighted by Gasteiger charge is 2.31.